The van der Waals surface area contributed by atoms with E-state index < -0.39 is 0 Å². The third-order valence-electron chi connectivity index (χ3n) is 2.10. The minimum absolute atomic E-state index is 0.821. The van der Waals surface area contributed by atoms with Crippen molar-refractivity contribution in [3.8, 4) is 0 Å². The number of nitrogens with zero attached hydrogens (tertiary/aromatic N) is 1. The largest absolute Gasteiger partial charge is 0.314 e. The summed E-state index contributed by atoms with van der Waals surface area (Å²) >= 11 is 0. The number of aromatic nitrogens is 1. The molecule has 2 heteroatoms. The highest BCUT2D eigenvalue weighted by Gasteiger charge is 1.98. The highest BCUT2D eigenvalue weighted by atomic mass is 14.8. The van der Waals surface area contributed by atoms with E-state index in [1.165, 1.54) is 10.8 Å². The SMILES string of the molecule is CNCc1nccc2ccccc12. The van der Waals surface area contributed by atoms with E-state index in [1.54, 1.807) is 0 Å². The molecule has 1 aromatic carbocycles. The van der Waals surface area contributed by atoms with Crippen LogP contribution in [-0.4, -0.2) is 12.0 Å². The smallest absolute Gasteiger partial charge is 0.0619 e. The molecule has 1 aromatic heterocycles. The third kappa shape index (κ3) is 1.53. The normalized spacial score (nSPS) is 10.5. The Morgan fingerprint density at radius 2 is 2.08 bits per heavy atom. The van der Waals surface area contributed by atoms with Crippen LogP contribution in [0.4, 0.5) is 0 Å². The van der Waals surface area contributed by atoms with Crippen LogP contribution in [-0.2, 0) is 6.54 Å². The maximum absolute atomic E-state index is 4.33. The molecule has 0 saturated carbocycles. The first-order valence-corrected chi connectivity index (χ1v) is 4.39. The number of benzene rings is 1. The highest BCUT2D eigenvalue weighted by molar-refractivity contribution is 5.84. The van der Waals surface area contributed by atoms with Gasteiger partial charge in [0, 0.05) is 18.1 Å². The zero-order valence-electron chi connectivity index (χ0n) is 7.62. The second-order valence-corrected chi connectivity index (χ2v) is 3.01. The Bertz CT molecular complexity index is 404. The van der Waals surface area contributed by atoms with E-state index in [0.717, 1.165) is 12.2 Å². The van der Waals surface area contributed by atoms with Crippen molar-refractivity contribution >= 4 is 10.8 Å². The van der Waals surface area contributed by atoms with Gasteiger partial charge in [0.15, 0.2) is 0 Å². The molecular weight excluding hydrogens is 160 g/mol. The van der Waals surface area contributed by atoms with Gasteiger partial charge in [-0.15, -0.1) is 0 Å². The van der Waals surface area contributed by atoms with Crippen molar-refractivity contribution in [2.24, 2.45) is 0 Å². The van der Waals surface area contributed by atoms with Crippen molar-refractivity contribution in [3.63, 3.8) is 0 Å². The van der Waals surface area contributed by atoms with Gasteiger partial charge in [0.25, 0.3) is 0 Å². The fourth-order valence-electron chi connectivity index (χ4n) is 1.49. The lowest BCUT2D eigenvalue weighted by atomic mass is 10.1. The minimum atomic E-state index is 0.821. The van der Waals surface area contributed by atoms with E-state index in [2.05, 4.69) is 22.4 Å². The summed E-state index contributed by atoms with van der Waals surface area (Å²) in [6.07, 6.45) is 1.86. The molecule has 2 nitrogen and oxygen atoms in total. The van der Waals surface area contributed by atoms with Crippen LogP contribution in [0.5, 0.6) is 0 Å². The van der Waals surface area contributed by atoms with Crippen LogP contribution in [0.25, 0.3) is 10.8 Å². The maximum atomic E-state index is 4.33. The van der Waals surface area contributed by atoms with Crippen molar-refractivity contribution in [3.05, 3.63) is 42.2 Å². The molecule has 0 aliphatic heterocycles. The molecule has 0 radical (unpaired) electrons. The zero-order valence-corrected chi connectivity index (χ0v) is 7.62. The number of hydrogen-bond donors (Lipinski definition) is 1. The molecule has 0 aliphatic carbocycles. The predicted octanol–water partition coefficient (Wildman–Crippen LogP) is 1.95. The molecule has 66 valence electrons. The van der Waals surface area contributed by atoms with Crippen molar-refractivity contribution in [1.82, 2.24) is 10.3 Å². The lowest BCUT2D eigenvalue weighted by Gasteiger charge is -2.03. The number of fused-ring (bicyclic) bond motifs is 1. The minimum Gasteiger partial charge on any atom is -0.314 e. The number of hydrogen-bond acceptors (Lipinski definition) is 2. The van der Waals surface area contributed by atoms with Gasteiger partial charge in [-0.3, -0.25) is 4.98 Å². The first-order chi connectivity index (χ1) is 6.42. The van der Waals surface area contributed by atoms with Crippen LogP contribution in [0.2, 0.25) is 0 Å². The Morgan fingerprint density at radius 3 is 2.92 bits per heavy atom. The maximum Gasteiger partial charge on any atom is 0.0619 e. The first kappa shape index (κ1) is 8.20. The Kier molecular flexibility index (Phi) is 2.23. The first-order valence-electron chi connectivity index (χ1n) is 4.39. The fourth-order valence-corrected chi connectivity index (χ4v) is 1.49. The molecule has 0 unspecified atom stereocenters. The summed E-state index contributed by atoms with van der Waals surface area (Å²) in [5.41, 5.74) is 1.11. The van der Waals surface area contributed by atoms with Gasteiger partial charge in [0.05, 0.1) is 5.69 Å². The van der Waals surface area contributed by atoms with E-state index in [1.807, 2.05) is 31.4 Å². The number of nitrogens with one attached hydrogen (secondary N) is 1. The number of pyridine rings is 1. The van der Waals surface area contributed by atoms with Crippen LogP contribution >= 0.6 is 0 Å². The van der Waals surface area contributed by atoms with Gasteiger partial charge in [-0.1, -0.05) is 24.3 Å². The summed E-state index contributed by atoms with van der Waals surface area (Å²) in [6.45, 7) is 0.821. The molecule has 13 heavy (non-hydrogen) atoms. The third-order valence-corrected chi connectivity index (χ3v) is 2.10. The van der Waals surface area contributed by atoms with Gasteiger partial charge < -0.3 is 5.32 Å². The van der Waals surface area contributed by atoms with Gasteiger partial charge in [-0.2, -0.15) is 0 Å². The summed E-state index contributed by atoms with van der Waals surface area (Å²) in [6, 6.07) is 10.3. The monoisotopic (exact) mass is 172 g/mol. The van der Waals surface area contributed by atoms with Crippen molar-refractivity contribution in [1.29, 1.82) is 0 Å². The van der Waals surface area contributed by atoms with Crippen LogP contribution in [0.1, 0.15) is 5.69 Å². The van der Waals surface area contributed by atoms with Gasteiger partial charge in [-0.25, -0.2) is 0 Å². The fraction of sp³-hybridized carbons (Fsp3) is 0.182. The lowest BCUT2D eigenvalue weighted by molar-refractivity contribution is 0.799. The molecule has 0 saturated heterocycles. The van der Waals surface area contributed by atoms with Crippen molar-refractivity contribution in [2.45, 2.75) is 6.54 Å². The molecule has 2 aromatic rings. The van der Waals surface area contributed by atoms with Crippen LogP contribution in [0.3, 0.4) is 0 Å². The number of rotatable bonds is 2. The van der Waals surface area contributed by atoms with Crippen LogP contribution in [0, 0.1) is 0 Å². The van der Waals surface area contributed by atoms with Gasteiger partial charge in [0.2, 0.25) is 0 Å². The van der Waals surface area contributed by atoms with Crippen molar-refractivity contribution < 1.29 is 0 Å². The lowest BCUT2D eigenvalue weighted by Crippen LogP contribution is -2.07. The van der Waals surface area contributed by atoms with Gasteiger partial charge >= 0.3 is 0 Å². The van der Waals surface area contributed by atoms with Crippen LogP contribution in [0.15, 0.2) is 36.5 Å². The Balaban J connectivity index is 2.61. The summed E-state index contributed by atoms with van der Waals surface area (Å²) < 4.78 is 0. The summed E-state index contributed by atoms with van der Waals surface area (Å²) in [5.74, 6) is 0. The summed E-state index contributed by atoms with van der Waals surface area (Å²) in [5, 5.41) is 5.60. The topological polar surface area (TPSA) is 24.9 Å². The average Bonchev–Trinajstić information content (AvgIpc) is 2.19. The van der Waals surface area contributed by atoms with Crippen molar-refractivity contribution in [2.75, 3.05) is 7.05 Å². The zero-order chi connectivity index (χ0) is 9.10. The molecule has 2 rings (SSSR count). The Labute approximate surface area is 77.6 Å². The van der Waals surface area contributed by atoms with Gasteiger partial charge in [-0.05, 0) is 18.5 Å². The van der Waals surface area contributed by atoms with E-state index >= 15 is 0 Å². The van der Waals surface area contributed by atoms with E-state index in [-0.39, 0.29) is 0 Å². The molecular formula is C11H12N2. The molecule has 1 N–H and O–H groups in total. The molecule has 0 spiro atoms. The molecule has 0 bridgehead atoms. The standard InChI is InChI=1S/C11H12N2/c1-12-8-11-10-5-3-2-4-9(10)6-7-13-11/h2-7,12H,8H2,1H3. The predicted molar refractivity (Wildman–Crippen MR) is 54.5 cm³/mol. The molecule has 1 heterocycles. The summed E-state index contributed by atoms with van der Waals surface area (Å²) in [7, 11) is 1.93. The second-order valence-electron chi connectivity index (χ2n) is 3.01. The van der Waals surface area contributed by atoms with Gasteiger partial charge in [0.1, 0.15) is 0 Å². The van der Waals surface area contributed by atoms with Crippen LogP contribution < -0.4 is 5.32 Å². The quantitative estimate of drug-likeness (QED) is 0.749. The molecule has 0 amide bonds. The average molecular weight is 172 g/mol. The Morgan fingerprint density at radius 1 is 1.23 bits per heavy atom. The summed E-state index contributed by atoms with van der Waals surface area (Å²) in [4.78, 5) is 4.33. The molecule has 0 aliphatic rings. The van der Waals surface area contributed by atoms with E-state index in [4.69, 9.17) is 0 Å². The highest BCUT2D eigenvalue weighted by Crippen LogP contribution is 2.15. The van der Waals surface area contributed by atoms with E-state index in [9.17, 15) is 0 Å². The molecule has 0 atom stereocenters. The second kappa shape index (κ2) is 3.54. The molecule has 0 fully saturated rings. The Hall–Kier alpha value is -1.41. The van der Waals surface area contributed by atoms with E-state index in [0.29, 0.717) is 0 Å².